The van der Waals surface area contributed by atoms with Crippen molar-refractivity contribution in [2.45, 2.75) is 12.8 Å². The van der Waals surface area contributed by atoms with Crippen molar-refractivity contribution in [3.05, 3.63) is 58.8 Å². The van der Waals surface area contributed by atoms with Crippen molar-refractivity contribution >= 4 is 60.6 Å². The second-order valence-electron chi connectivity index (χ2n) is 7.21. The van der Waals surface area contributed by atoms with Crippen molar-refractivity contribution in [2.24, 2.45) is 5.92 Å². The van der Waals surface area contributed by atoms with Crippen LogP contribution < -0.4 is 5.32 Å². The normalized spacial score (nSPS) is 17.0. The number of nitrogens with zero attached hydrogens (tertiary/aromatic N) is 2. The van der Waals surface area contributed by atoms with Crippen LogP contribution >= 0.6 is 22.7 Å². The third-order valence-corrected chi connectivity index (χ3v) is 7.12. The Kier molecular flexibility index (Phi) is 4.77. The van der Waals surface area contributed by atoms with Gasteiger partial charge in [0.25, 0.3) is 5.91 Å². The van der Waals surface area contributed by atoms with Crippen molar-refractivity contribution in [2.75, 3.05) is 18.4 Å². The second-order valence-corrected chi connectivity index (χ2v) is 9.19. The molecule has 2 aromatic carbocycles. The second kappa shape index (κ2) is 7.57. The quantitative estimate of drug-likeness (QED) is 0.506. The summed E-state index contributed by atoms with van der Waals surface area (Å²) in [5.41, 5.74) is 0.918. The van der Waals surface area contributed by atoms with E-state index in [1.54, 1.807) is 4.90 Å². The van der Waals surface area contributed by atoms with Gasteiger partial charge in [-0.2, -0.15) is 0 Å². The molecule has 1 saturated heterocycles. The van der Waals surface area contributed by atoms with Gasteiger partial charge in [-0.1, -0.05) is 47.7 Å². The summed E-state index contributed by atoms with van der Waals surface area (Å²) in [6.07, 6.45) is 1.62. The summed E-state index contributed by atoms with van der Waals surface area (Å²) in [5, 5.41) is 7.74. The number of aromatic nitrogens is 1. The number of piperidine rings is 1. The Bertz CT molecular complexity index is 1200. The van der Waals surface area contributed by atoms with Gasteiger partial charge in [-0.05, 0) is 35.7 Å². The predicted molar refractivity (Wildman–Crippen MR) is 119 cm³/mol. The number of rotatable bonds is 3. The third-order valence-electron chi connectivity index (χ3n) is 5.33. The number of likely N-dealkylation sites (tertiary alicyclic amines) is 1. The third kappa shape index (κ3) is 3.52. The number of benzene rings is 2. The van der Waals surface area contributed by atoms with Crippen LogP contribution in [0.3, 0.4) is 0 Å². The van der Waals surface area contributed by atoms with E-state index in [4.69, 9.17) is 0 Å². The van der Waals surface area contributed by atoms with E-state index in [1.165, 1.54) is 22.7 Å². The number of thiazole rings is 1. The Morgan fingerprint density at radius 3 is 2.86 bits per heavy atom. The van der Waals surface area contributed by atoms with Crippen LogP contribution in [-0.4, -0.2) is 34.8 Å². The summed E-state index contributed by atoms with van der Waals surface area (Å²) in [4.78, 5) is 32.7. The molecule has 0 saturated carbocycles. The molecule has 1 unspecified atom stereocenters. The number of fused-ring (bicyclic) bond motifs is 3. The highest BCUT2D eigenvalue weighted by Crippen LogP contribution is 2.32. The average Bonchev–Trinajstić information content (AvgIpc) is 3.43. The number of carbonyl (C=O) groups excluding carboxylic acids is 2. The number of hydrogen-bond acceptors (Lipinski definition) is 5. The van der Waals surface area contributed by atoms with Gasteiger partial charge in [0.1, 0.15) is 0 Å². The first-order valence-electron chi connectivity index (χ1n) is 9.61. The maximum Gasteiger partial charge on any atom is 0.263 e. The smallest absolute Gasteiger partial charge is 0.263 e. The molecule has 1 atom stereocenters. The zero-order chi connectivity index (χ0) is 19.8. The first kappa shape index (κ1) is 18.3. The van der Waals surface area contributed by atoms with Crippen molar-refractivity contribution in [1.29, 1.82) is 0 Å². The van der Waals surface area contributed by atoms with E-state index >= 15 is 0 Å². The lowest BCUT2D eigenvalue weighted by Gasteiger charge is -2.31. The van der Waals surface area contributed by atoms with Gasteiger partial charge in [0.05, 0.1) is 21.0 Å². The monoisotopic (exact) mass is 421 g/mol. The van der Waals surface area contributed by atoms with Gasteiger partial charge in [0, 0.05) is 18.5 Å². The van der Waals surface area contributed by atoms with Crippen LogP contribution in [0, 0.1) is 5.92 Å². The maximum atomic E-state index is 12.9. The topological polar surface area (TPSA) is 62.3 Å². The molecule has 5 nitrogen and oxygen atoms in total. The molecule has 5 rings (SSSR count). The summed E-state index contributed by atoms with van der Waals surface area (Å²) < 4.78 is 1.05. The highest BCUT2D eigenvalue weighted by molar-refractivity contribution is 7.22. The number of anilines is 1. The molecule has 0 aliphatic carbocycles. The molecule has 1 N–H and O–H groups in total. The van der Waals surface area contributed by atoms with E-state index in [1.807, 2.05) is 35.7 Å². The highest BCUT2D eigenvalue weighted by Gasteiger charge is 2.29. The SMILES string of the molecule is O=C(Nc1nc2c(ccc3ccccc32)s1)C1CCCN(C(=O)c2cccs2)C1. The maximum absolute atomic E-state index is 12.9. The van der Waals surface area contributed by atoms with Crippen molar-refractivity contribution in [1.82, 2.24) is 9.88 Å². The van der Waals surface area contributed by atoms with Gasteiger partial charge >= 0.3 is 0 Å². The Balaban J connectivity index is 1.33. The van der Waals surface area contributed by atoms with Crippen molar-refractivity contribution < 1.29 is 9.59 Å². The molecule has 146 valence electrons. The molecule has 1 fully saturated rings. The predicted octanol–water partition coefficient (Wildman–Crippen LogP) is 5.00. The summed E-state index contributed by atoms with van der Waals surface area (Å²) in [6, 6.07) is 16.0. The van der Waals surface area contributed by atoms with Gasteiger partial charge in [0.15, 0.2) is 5.13 Å². The Hall–Kier alpha value is -2.77. The minimum Gasteiger partial charge on any atom is -0.337 e. The largest absolute Gasteiger partial charge is 0.337 e. The van der Waals surface area contributed by atoms with E-state index in [-0.39, 0.29) is 17.7 Å². The van der Waals surface area contributed by atoms with E-state index in [0.717, 1.165) is 38.7 Å². The Labute approximate surface area is 176 Å². The molecule has 2 aromatic heterocycles. The fourth-order valence-corrected chi connectivity index (χ4v) is 5.43. The van der Waals surface area contributed by atoms with Crippen LogP contribution in [-0.2, 0) is 4.79 Å². The fraction of sp³-hybridized carbons (Fsp3) is 0.227. The van der Waals surface area contributed by atoms with E-state index < -0.39 is 0 Å². The van der Waals surface area contributed by atoms with Crippen molar-refractivity contribution in [3.63, 3.8) is 0 Å². The molecule has 0 spiro atoms. The lowest BCUT2D eigenvalue weighted by atomic mass is 9.97. The molecule has 29 heavy (non-hydrogen) atoms. The molecule has 7 heteroatoms. The molecular weight excluding hydrogens is 402 g/mol. The highest BCUT2D eigenvalue weighted by atomic mass is 32.1. The molecular formula is C22H19N3O2S2. The minimum atomic E-state index is -0.212. The summed E-state index contributed by atoms with van der Waals surface area (Å²) in [5.74, 6) is -0.252. The molecule has 3 heterocycles. The number of hydrogen-bond donors (Lipinski definition) is 1. The summed E-state index contributed by atoms with van der Waals surface area (Å²) in [7, 11) is 0. The van der Waals surface area contributed by atoms with Gasteiger partial charge in [-0.3, -0.25) is 9.59 Å². The molecule has 4 aromatic rings. The molecule has 1 aliphatic heterocycles. The Morgan fingerprint density at radius 1 is 1.10 bits per heavy atom. The lowest BCUT2D eigenvalue weighted by Crippen LogP contribution is -2.43. The van der Waals surface area contributed by atoms with Crippen LogP contribution in [0.1, 0.15) is 22.5 Å². The van der Waals surface area contributed by atoms with E-state index in [9.17, 15) is 9.59 Å². The molecule has 0 radical (unpaired) electrons. The van der Waals surface area contributed by atoms with E-state index in [2.05, 4.69) is 28.5 Å². The van der Waals surface area contributed by atoms with Crippen LogP contribution in [0.15, 0.2) is 53.9 Å². The van der Waals surface area contributed by atoms with Gasteiger partial charge in [-0.25, -0.2) is 4.98 Å². The zero-order valence-corrected chi connectivity index (χ0v) is 17.3. The summed E-state index contributed by atoms with van der Waals surface area (Å²) in [6.45, 7) is 1.16. The minimum absolute atomic E-state index is 0.0176. The fourth-order valence-electron chi connectivity index (χ4n) is 3.85. The number of nitrogens with one attached hydrogen (secondary N) is 1. The molecule has 0 bridgehead atoms. The molecule has 1 aliphatic rings. The number of amides is 2. The Morgan fingerprint density at radius 2 is 2.00 bits per heavy atom. The van der Waals surface area contributed by atoms with Crippen molar-refractivity contribution in [3.8, 4) is 0 Å². The van der Waals surface area contributed by atoms with Crippen LogP contribution in [0.25, 0.3) is 21.0 Å². The van der Waals surface area contributed by atoms with E-state index in [0.29, 0.717) is 18.2 Å². The van der Waals surface area contributed by atoms with Gasteiger partial charge in [-0.15, -0.1) is 11.3 Å². The average molecular weight is 422 g/mol. The van der Waals surface area contributed by atoms with Crippen LogP contribution in [0.5, 0.6) is 0 Å². The number of thiophene rings is 1. The number of carbonyl (C=O) groups is 2. The lowest BCUT2D eigenvalue weighted by molar-refractivity contribution is -0.121. The first-order chi connectivity index (χ1) is 14.2. The zero-order valence-electron chi connectivity index (χ0n) is 15.6. The molecule has 2 amide bonds. The standard InChI is InChI=1S/C22H19N3O2S2/c26-20(15-6-3-11-25(13-15)21(27)18-8-4-12-28-18)24-22-23-19-16-7-2-1-5-14(16)9-10-17(19)29-22/h1-2,4-5,7-10,12,15H,3,6,11,13H2,(H,23,24,26). The van der Waals surface area contributed by atoms with Crippen LogP contribution in [0.4, 0.5) is 5.13 Å². The van der Waals surface area contributed by atoms with Gasteiger partial charge in [0.2, 0.25) is 5.91 Å². The van der Waals surface area contributed by atoms with Gasteiger partial charge < -0.3 is 10.2 Å². The van der Waals surface area contributed by atoms with Crippen LogP contribution in [0.2, 0.25) is 0 Å². The first-order valence-corrected chi connectivity index (χ1v) is 11.3. The summed E-state index contributed by atoms with van der Waals surface area (Å²) >= 11 is 2.93.